The maximum absolute atomic E-state index is 6.16. The highest BCUT2D eigenvalue weighted by molar-refractivity contribution is 7.13. The summed E-state index contributed by atoms with van der Waals surface area (Å²) >= 11 is 1.74. The number of hydrogen-bond donors (Lipinski definition) is 1. The molecule has 3 rings (SSSR count). The molecule has 2 N–H and O–H groups in total. The summed E-state index contributed by atoms with van der Waals surface area (Å²) in [4.78, 5) is 11.9. The highest BCUT2D eigenvalue weighted by Crippen LogP contribution is 2.29. The van der Waals surface area contributed by atoms with Crippen LogP contribution in [0.4, 0.5) is 5.13 Å². The van der Waals surface area contributed by atoms with Gasteiger partial charge >= 0.3 is 0 Å². The van der Waals surface area contributed by atoms with Gasteiger partial charge in [-0.25, -0.2) is 4.98 Å². The summed E-state index contributed by atoms with van der Waals surface area (Å²) in [6.45, 7) is 7.50. The first kappa shape index (κ1) is 14.3. The minimum atomic E-state index is 0.238. The van der Waals surface area contributed by atoms with Gasteiger partial charge in [-0.15, -0.1) is 11.3 Å². The van der Waals surface area contributed by atoms with E-state index in [0.29, 0.717) is 0 Å². The average Bonchev–Trinajstić information content (AvgIpc) is 3.03. The van der Waals surface area contributed by atoms with E-state index in [-0.39, 0.29) is 5.54 Å². The molecule has 0 amide bonds. The number of nitrogens with two attached hydrogens (primary N) is 1. The monoisotopic (exact) mass is 295 g/mol. The van der Waals surface area contributed by atoms with Gasteiger partial charge in [0, 0.05) is 49.8 Å². The number of rotatable bonds is 3. The lowest BCUT2D eigenvalue weighted by Crippen LogP contribution is -2.63. The molecule has 0 atom stereocenters. The zero-order valence-electron chi connectivity index (χ0n) is 12.3. The Morgan fingerprint density at radius 2 is 1.90 bits per heavy atom. The number of anilines is 1. The molecule has 0 saturated carbocycles. The summed E-state index contributed by atoms with van der Waals surface area (Å²) < 4.78 is 0. The second-order valence-corrected chi connectivity index (χ2v) is 6.89. The van der Waals surface area contributed by atoms with Gasteiger partial charge < -0.3 is 15.5 Å². The van der Waals surface area contributed by atoms with Crippen molar-refractivity contribution in [1.29, 1.82) is 0 Å². The normalized spacial score (nSPS) is 25.0. The van der Waals surface area contributed by atoms with Gasteiger partial charge in [0.05, 0.1) is 0 Å². The lowest BCUT2D eigenvalue weighted by molar-refractivity contribution is 0.0297. The van der Waals surface area contributed by atoms with Crippen molar-refractivity contribution in [3.8, 4) is 0 Å². The molecule has 0 aliphatic carbocycles. The van der Waals surface area contributed by atoms with Crippen molar-refractivity contribution in [3.63, 3.8) is 0 Å². The number of hydrogen-bond acceptors (Lipinski definition) is 6. The summed E-state index contributed by atoms with van der Waals surface area (Å²) in [5, 5.41) is 3.22. The van der Waals surface area contributed by atoms with Crippen molar-refractivity contribution in [1.82, 2.24) is 14.8 Å². The van der Waals surface area contributed by atoms with Gasteiger partial charge in [0.15, 0.2) is 5.13 Å². The molecule has 112 valence electrons. The van der Waals surface area contributed by atoms with Crippen LogP contribution < -0.4 is 10.6 Å². The molecule has 0 radical (unpaired) electrons. The zero-order valence-corrected chi connectivity index (χ0v) is 13.1. The third kappa shape index (κ3) is 2.70. The molecule has 0 bridgehead atoms. The van der Waals surface area contributed by atoms with Crippen LogP contribution >= 0.6 is 11.3 Å². The van der Waals surface area contributed by atoms with Crippen LogP contribution in [0.5, 0.6) is 0 Å². The molecule has 0 spiro atoms. The average molecular weight is 295 g/mol. The zero-order chi connectivity index (χ0) is 14.0. The van der Waals surface area contributed by atoms with E-state index in [1.807, 2.05) is 6.20 Å². The van der Waals surface area contributed by atoms with Crippen molar-refractivity contribution in [2.75, 3.05) is 57.8 Å². The first-order valence-corrected chi connectivity index (χ1v) is 8.40. The van der Waals surface area contributed by atoms with E-state index in [1.54, 1.807) is 11.3 Å². The minimum absolute atomic E-state index is 0.238. The van der Waals surface area contributed by atoms with Crippen molar-refractivity contribution in [2.24, 2.45) is 5.73 Å². The predicted octanol–water partition coefficient (Wildman–Crippen LogP) is 0.688. The number of piperidine rings is 1. The summed E-state index contributed by atoms with van der Waals surface area (Å²) in [7, 11) is 2.21. The van der Waals surface area contributed by atoms with Crippen LogP contribution in [-0.4, -0.2) is 73.2 Å². The number of likely N-dealkylation sites (tertiary alicyclic amines) is 1. The molecule has 5 nitrogen and oxygen atoms in total. The van der Waals surface area contributed by atoms with Crippen molar-refractivity contribution >= 4 is 16.5 Å². The Kier molecular flexibility index (Phi) is 4.26. The molecule has 2 fully saturated rings. The number of thiazole rings is 1. The van der Waals surface area contributed by atoms with Crippen LogP contribution in [0.25, 0.3) is 0 Å². The van der Waals surface area contributed by atoms with Crippen LogP contribution in [0.3, 0.4) is 0 Å². The first-order chi connectivity index (χ1) is 9.73. The fourth-order valence-corrected chi connectivity index (χ4v) is 4.13. The molecular formula is C14H25N5S. The quantitative estimate of drug-likeness (QED) is 0.889. The van der Waals surface area contributed by atoms with Gasteiger partial charge in [0.25, 0.3) is 0 Å². The molecule has 0 unspecified atom stereocenters. The van der Waals surface area contributed by atoms with Gasteiger partial charge in [-0.05, 0) is 33.0 Å². The molecule has 2 saturated heterocycles. The van der Waals surface area contributed by atoms with Crippen LogP contribution in [0.1, 0.15) is 12.8 Å². The molecule has 1 aromatic rings. The van der Waals surface area contributed by atoms with E-state index in [1.165, 1.54) is 25.9 Å². The molecule has 3 heterocycles. The Morgan fingerprint density at radius 1 is 1.20 bits per heavy atom. The molecule has 0 aromatic carbocycles. The highest BCUT2D eigenvalue weighted by Gasteiger charge is 2.39. The SMILES string of the molecule is CN1CCC(CN)(N2CCN(c3nccs3)CC2)CC1. The van der Waals surface area contributed by atoms with Gasteiger partial charge in [0.2, 0.25) is 0 Å². The van der Waals surface area contributed by atoms with Gasteiger partial charge in [-0.3, -0.25) is 4.90 Å². The van der Waals surface area contributed by atoms with Crippen molar-refractivity contribution < 1.29 is 0 Å². The maximum atomic E-state index is 6.16. The standard InChI is InChI=1S/C14H25N5S/c1-17-5-2-14(12-15,3-6-17)19-9-7-18(8-10-19)13-16-4-11-20-13/h4,11H,2-3,5-10,12,15H2,1H3. The third-order valence-electron chi connectivity index (χ3n) is 4.94. The lowest BCUT2D eigenvalue weighted by atomic mass is 9.85. The van der Waals surface area contributed by atoms with Gasteiger partial charge in [-0.1, -0.05) is 0 Å². The molecule has 6 heteroatoms. The first-order valence-electron chi connectivity index (χ1n) is 7.52. The summed E-state index contributed by atoms with van der Waals surface area (Å²) in [5.41, 5.74) is 6.40. The highest BCUT2D eigenvalue weighted by atomic mass is 32.1. The fourth-order valence-electron chi connectivity index (χ4n) is 3.43. The number of nitrogens with zero attached hydrogens (tertiary/aromatic N) is 4. The van der Waals surface area contributed by atoms with Crippen LogP contribution in [0, 0.1) is 0 Å². The van der Waals surface area contributed by atoms with E-state index >= 15 is 0 Å². The Hall–Kier alpha value is -0.690. The Bertz CT molecular complexity index is 405. The summed E-state index contributed by atoms with van der Waals surface area (Å²) in [6, 6.07) is 0. The lowest BCUT2D eigenvalue weighted by Gasteiger charge is -2.50. The number of aromatic nitrogens is 1. The molecule has 1 aromatic heterocycles. The van der Waals surface area contributed by atoms with Gasteiger partial charge in [0.1, 0.15) is 0 Å². The van der Waals surface area contributed by atoms with Crippen molar-refractivity contribution in [3.05, 3.63) is 11.6 Å². The summed E-state index contributed by atoms with van der Waals surface area (Å²) in [5.74, 6) is 0. The maximum Gasteiger partial charge on any atom is 0.185 e. The van der Waals surface area contributed by atoms with E-state index in [9.17, 15) is 0 Å². The second-order valence-electron chi connectivity index (χ2n) is 6.02. The second kappa shape index (κ2) is 5.97. The Morgan fingerprint density at radius 3 is 2.45 bits per heavy atom. The minimum Gasteiger partial charge on any atom is -0.346 e. The summed E-state index contributed by atoms with van der Waals surface area (Å²) in [6.07, 6.45) is 4.30. The van der Waals surface area contributed by atoms with E-state index in [4.69, 9.17) is 5.73 Å². The predicted molar refractivity (Wildman–Crippen MR) is 84.4 cm³/mol. The van der Waals surface area contributed by atoms with Crippen LogP contribution in [0.15, 0.2) is 11.6 Å². The largest absolute Gasteiger partial charge is 0.346 e. The van der Waals surface area contributed by atoms with E-state index < -0.39 is 0 Å². The molecule has 2 aliphatic heterocycles. The topological polar surface area (TPSA) is 48.6 Å². The molecular weight excluding hydrogens is 270 g/mol. The van der Waals surface area contributed by atoms with Crippen LogP contribution in [0.2, 0.25) is 0 Å². The smallest absolute Gasteiger partial charge is 0.185 e. The third-order valence-corrected chi connectivity index (χ3v) is 5.77. The van der Waals surface area contributed by atoms with E-state index in [2.05, 4.69) is 32.1 Å². The molecule has 2 aliphatic rings. The van der Waals surface area contributed by atoms with Gasteiger partial charge in [-0.2, -0.15) is 0 Å². The van der Waals surface area contributed by atoms with E-state index in [0.717, 1.165) is 37.9 Å². The molecule has 20 heavy (non-hydrogen) atoms. The Labute approximate surface area is 125 Å². The number of piperazine rings is 1. The van der Waals surface area contributed by atoms with Crippen LogP contribution in [-0.2, 0) is 0 Å². The Balaban J connectivity index is 1.61. The van der Waals surface area contributed by atoms with Crippen molar-refractivity contribution in [2.45, 2.75) is 18.4 Å². The fraction of sp³-hybridized carbons (Fsp3) is 0.786.